The van der Waals surface area contributed by atoms with Crippen LogP contribution >= 0.6 is 15.9 Å². The number of rotatable bonds is 10. The van der Waals surface area contributed by atoms with Crippen molar-refractivity contribution < 1.29 is 23.1 Å². The molecule has 1 aliphatic rings. The van der Waals surface area contributed by atoms with Gasteiger partial charge in [0.25, 0.3) is 15.9 Å². The van der Waals surface area contributed by atoms with E-state index in [0.29, 0.717) is 10.4 Å². The minimum Gasteiger partial charge on any atom is -0.480 e. The number of anilines is 1. The number of carboxylic acids is 1. The Labute approximate surface area is 249 Å². The number of halogens is 1. The SMILES string of the molecule is CC1C=C(c2ccc(C[C@H](NC(=O)c3cc(Br)ccc3NS(=O)(=O)c3ccc(C(C)C)cc3)C(=O)O)cc2)C=CC1. The highest BCUT2D eigenvalue weighted by Gasteiger charge is 2.25. The van der Waals surface area contributed by atoms with Gasteiger partial charge < -0.3 is 10.4 Å². The van der Waals surface area contributed by atoms with Crippen molar-refractivity contribution in [2.75, 3.05) is 4.72 Å². The van der Waals surface area contributed by atoms with Crippen molar-refractivity contribution in [3.05, 3.63) is 112 Å². The normalized spacial score (nSPS) is 15.7. The third-order valence-electron chi connectivity index (χ3n) is 6.93. The Balaban J connectivity index is 1.51. The molecule has 1 amide bonds. The first kappa shape index (κ1) is 30.3. The Morgan fingerprint density at radius 2 is 1.71 bits per heavy atom. The lowest BCUT2D eigenvalue weighted by atomic mass is 9.93. The molecule has 2 atom stereocenters. The molecule has 7 nitrogen and oxygen atoms in total. The second kappa shape index (κ2) is 12.9. The molecule has 1 unspecified atom stereocenters. The molecule has 0 saturated heterocycles. The van der Waals surface area contributed by atoms with E-state index in [9.17, 15) is 23.1 Å². The molecule has 0 bridgehead atoms. The van der Waals surface area contributed by atoms with Crippen LogP contribution in [0.5, 0.6) is 0 Å². The average Bonchev–Trinajstić information content (AvgIpc) is 2.94. The molecule has 0 heterocycles. The van der Waals surface area contributed by atoms with Crippen LogP contribution in [0.2, 0.25) is 0 Å². The van der Waals surface area contributed by atoms with E-state index in [1.807, 2.05) is 38.1 Å². The summed E-state index contributed by atoms with van der Waals surface area (Å²) in [6, 6.07) is 17.4. The Morgan fingerprint density at radius 3 is 2.32 bits per heavy atom. The third-order valence-corrected chi connectivity index (χ3v) is 8.80. The first-order valence-corrected chi connectivity index (χ1v) is 15.6. The predicted molar refractivity (Wildman–Crippen MR) is 165 cm³/mol. The van der Waals surface area contributed by atoms with Gasteiger partial charge in [-0.15, -0.1) is 0 Å². The number of hydrogen-bond donors (Lipinski definition) is 3. The summed E-state index contributed by atoms with van der Waals surface area (Å²) in [6.07, 6.45) is 7.50. The molecule has 0 aromatic heterocycles. The van der Waals surface area contributed by atoms with E-state index in [-0.39, 0.29) is 28.5 Å². The van der Waals surface area contributed by atoms with Crippen molar-refractivity contribution in [1.82, 2.24) is 5.32 Å². The smallest absolute Gasteiger partial charge is 0.326 e. The van der Waals surface area contributed by atoms with E-state index in [2.05, 4.69) is 51.1 Å². The van der Waals surface area contributed by atoms with Crippen molar-refractivity contribution in [1.29, 1.82) is 0 Å². The Morgan fingerprint density at radius 1 is 1.02 bits per heavy atom. The lowest BCUT2D eigenvalue weighted by molar-refractivity contribution is -0.139. The Hall–Kier alpha value is -3.69. The minimum atomic E-state index is -4.01. The Bertz CT molecular complexity index is 1590. The molecule has 0 saturated carbocycles. The highest BCUT2D eigenvalue weighted by atomic mass is 79.9. The maximum Gasteiger partial charge on any atom is 0.326 e. The highest BCUT2D eigenvalue weighted by Crippen LogP contribution is 2.27. The molecule has 0 spiro atoms. The summed E-state index contributed by atoms with van der Waals surface area (Å²) in [5, 5.41) is 12.4. The molecule has 214 valence electrons. The number of aliphatic carboxylic acids is 1. The number of amides is 1. The first-order chi connectivity index (χ1) is 19.4. The van der Waals surface area contributed by atoms with Crippen LogP contribution in [0.25, 0.3) is 5.57 Å². The predicted octanol–water partition coefficient (Wildman–Crippen LogP) is 6.78. The maximum absolute atomic E-state index is 13.3. The summed E-state index contributed by atoms with van der Waals surface area (Å²) < 4.78 is 29.3. The van der Waals surface area contributed by atoms with Crippen molar-refractivity contribution in [3.63, 3.8) is 0 Å². The molecule has 3 N–H and O–H groups in total. The van der Waals surface area contributed by atoms with Crippen LogP contribution in [0.4, 0.5) is 5.69 Å². The molecule has 3 aromatic rings. The number of allylic oxidation sites excluding steroid dienone is 4. The van der Waals surface area contributed by atoms with E-state index in [0.717, 1.165) is 28.7 Å². The third kappa shape index (κ3) is 7.74. The number of hydrogen-bond acceptors (Lipinski definition) is 4. The first-order valence-electron chi connectivity index (χ1n) is 13.4. The second-order valence-corrected chi connectivity index (χ2v) is 13.1. The van der Waals surface area contributed by atoms with Gasteiger partial charge in [-0.1, -0.05) is 91.3 Å². The van der Waals surface area contributed by atoms with E-state index in [4.69, 9.17) is 0 Å². The van der Waals surface area contributed by atoms with Gasteiger partial charge in [0.1, 0.15) is 6.04 Å². The van der Waals surface area contributed by atoms with Crippen LogP contribution in [-0.2, 0) is 21.2 Å². The average molecular weight is 638 g/mol. The van der Waals surface area contributed by atoms with Gasteiger partial charge in [0.05, 0.1) is 16.1 Å². The van der Waals surface area contributed by atoms with Crippen molar-refractivity contribution in [2.45, 2.75) is 50.5 Å². The zero-order chi connectivity index (χ0) is 29.7. The summed E-state index contributed by atoms with van der Waals surface area (Å²) in [7, 11) is -4.01. The summed E-state index contributed by atoms with van der Waals surface area (Å²) in [5.41, 5.74) is 3.94. The lowest BCUT2D eigenvalue weighted by Crippen LogP contribution is -2.42. The van der Waals surface area contributed by atoms with Crippen LogP contribution in [0, 0.1) is 5.92 Å². The highest BCUT2D eigenvalue weighted by molar-refractivity contribution is 9.10. The van der Waals surface area contributed by atoms with Gasteiger partial charge in [0, 0.05) is 10.9 Å². The van der Waals surface area contributed by atoms with Crippen LogP contribution in [0.1, 0.15) is 60.2 Å². The van der Waals surface area contributed by atoms with Gasteiger partial charge in [-0.25, -0.2) is 13.2 Å². The van der Waals surface area contributed by atoms with Gasteiger partial charge in [0.15, 0.2) is 0 Å². The summed E-state index contributed by atoms with van der Waals surface area (Å²) in [4.78, 5) is 25.5. The molecular formula is C32H33BrN2O5S. The fourth-order valence-corrected chi connectivity index (χ4v) is 6.01. The van der Waals surface area contributed by atoms with Gasteiger partial charge in [-0.3, -0.25) is 9.52 Å². The van der Waals surface area contributed by atoms with E-state index < -0.39 is 27.9 Å². The lowest BCUT2D eigenvalue weighted by Gasteiger charge is -2.18. The number of benzene rings is 3. The number of carbonyl (C=O) groups is 2. The second-order valence-electron chi connectivity index (χ2n) is 10.5. The zero-order valence-electron chi connectivity index (χ0n) is 23.1. The van der Waals surface area contributed by atoms with Crippen LogP contribution in [0.3, 0.4) is 0 Å². The van der Waals surface area contributed by atoms with Crippen LogP contribution < -0.4 is 10.0 Å². The van der Waals surface area contributed by atoms with Crippen molar-refractivity contribution in [3.8, 4) is 0 Å². The number of carbonyl (C=O) groups excluding carboxylic acids is 1. The molecule has 4 rings (SSSR count). The molecule has 3 aromatic carbocycles. The summed E-state index contributed by atoms with van der Waals surface area (Å²) >= 11 is 3.32. The monoisotopic (exact) mass is 636 g/mol. The fourth-order valence-electron chi connectivity index (χ4n) is 4.57. The van der Waals surface area contributed by atoms with E-state index >= 15 is 0 Å². The van der Waals surface area contributed by atoms with Gasteiger partial charge >= 0.3 is 5.97 Å². The maximum atomic E-state index is 13.3. The quantitative estimate of drug-likeness (QED) is 0.227. The number of carboxylic acid groups (broad SMARTS) is 1. The fraction of sp³-hybridized carbons (Fsp3) is 0.250. The molecule has 9 heteroatoms. The Kier molecular flexibility index (Phi) is 9.50. The van der Waals surface area contributed by atoms with Crippen LogP contribution in [-0.4, -0.2) is 31.4 Å². The number of nitrogens with one attached hydrogen (secondary N) is 2. The van der Waals surface area contributed by atoms with Crippen molar-refractivity contribution >= 4 is 49.1 Å². The topological polar surface area (TPSA) is 113 Å². The van der Waals surface area contributed by atoms with Gasteiger partial charge in [-0.2, -0.15) is 0 Å². The molecule has 0 fully saturated rings. The van der Waals surface area contributed by atoms with Crippen LogP contribution in [0.15, 0.2) is 94.3 Å². The summed E-state index contributed by atoms with van der Waals surface area (Å²) in [6.45, 7) is 6.19. The zero-order valence-corrected chi connectivity index (χ0v) is 25.5. The molecule has 0 aliphatic heterocycles. The van der Waals surface area contributed by atoms with Gasteiger partial charge in [0.2, 0.25) is 0 Å². The summed E-state index contributed by atoms with van der Waals surface area (Å²) in [5.74, 6) is -1.21. The minimum absolute atomic E-state index is 0.00603. The standard InChI is InChI=1S/C32H33BrN2O5S/c1-20(2)23-11-14-27(15-12-23)41(39,40)35-29-16-13-26(33)19-28(29)31(36)34-30(32(37)38)18-22-7-9-24(10-8-22)25-6-4-5-21(3)17-25/h4,6-17,19-21,30,35H,5,18H2,1-3H3,(H,34,36)(H,37,38)/t21?,30-/m0/s1. The van der Waals surface area contributed by atoms with Gasteiger partial charge in [-0.05, 0) is 70.9 Å². The number of sulfonamides is 1. The van der Waals surface area contributed by atoms with E-state index in [1.54, 1.807) is 18.2 Å². The van der Waals surface area contributed by atoms with Crippen molar-refractivity contribution in [2.24, 2.45) is 5.92 Å². The molecular weight excluding hydrogens is 604 g/mol. The largest absolute Gasteiger partial charge is 0.480 e. The molecule has 1 aliphatic carbocycles. The molecule has 41 heavy (non-hydrogen) atoms. The van der Waals surface area contributed by atoms with E-state index in [1.165, 1.54) is 24.3 Å². The molecule has 0 radical (unpaired) electrons.